The summed E-state index contributed by atoms with van der Waals surface area (Å²) in [6.07, 6.45) is 7.08. The van der Waals surface area contributed by atoms with Crippen molar-refractivity contribution in [2.24, 2.45) is 5.92 Å². The number of fused-ring (bicyclic) bond motifs is 2. The molecule has 1 aliphatic heterocycles. The van der Waals surface area contributed by atoms with Gasteiger partial charge in [0.05, 0.1) is 18.8 Å². The zero-order valence-corrected chi connectivity index (χ0v) is 20.5. The van der Waals surface area contributed by atoms with Crippen molar-refractivity contribution in [3.05, 3.63) is 65.7 Å². The number of ether oxygens (including phenoxy) is 2. The maximum atomic E-state index is 12.9. The van der Waals surface area contributed by atoms with Crippen molar-refractivity contribution < 1.29 is 18.8 Å². The fraction of sp³-hybridized carbons (Fsp3) is 0.444. The molecular formula is C27H34N4O4. The second-order valence-electron chi connectivity index (χ2n) is 9.30. The van der Waals surface area contributed by atoms with Crippen molar-refractivity contribution in [2.45, 2.75) is 52.6 Å². The van der Waals surface area contributed by atoms with Crippen LogP contribution in [0.25, 0.3) is 0 Å². The summed E-state index contributed by atoms with van der Waals surface area (Å²) in [5, 5.41) is 7.12. The topological polar surface area (TPSA) is 89.7 Å². The Labute approximate surface area is 206 Å². The second kappa shape index (κ2) is 12.4. The van der Waals surface area contributed by atoms with E-state index in [1.807, 2.05) is 36.4 Å². The molecule has 35 heavy (non-hydrogen) atoms. The quantitative estimate of drug-likeness (QED) is 0.547. The van der Waals surface area contributed by atoms with Crippen molar-refractivity contribution in [3.63, 3.8) is 0 Å². The van der Waals surface area contributed by atoms with Gasteiger partial charge in [0.25, 0.3) is 0 Å². The lowest BCUT2D eigenvalue weighted by molar-refractivity contribution is -0.122. The van der Waals surface area contributed by atoms with Crippen molar-refractivity contribution in [2.75, 3.05) is 19.7 Å². The van der Waals surface area contributed by atoms with Gasteiger partial charge in [0.15, 0.2) is 11.5 Å². The molecule has 1 aliphatic rings. The summed E-state index contributed by atoms with van der Waals surface area (Å²) in [5.74, 6) is 2.31. The van der Waals surface area contributed by atoms with Gasteiger partial charge in [-0.25, -0.2) is 4.98 Å². The van der Waals surface area contributed by atoms with Crippen LogP contribution < -0.4 is 14.8 Å². The van der Waals surface area contributed by atoms with Gasteiger partial charge in [0.1, 0.15) is 6.26 Å². The van der Waals surface area contributed by atoms with Gasteiger partial charge in [-0.05, 0) is 56.3 Å². The van der Waals surface area contributed by atoms with Gasteiger partial charge in [-0.15, -0.1) is 0 Å². The number of hydrogen-bond acceptors (Lipinski definition) is 7. The standard InChI is InChI=1S/C27H34N4O4/c1-20(2)15-23-22(19-34-30-23)16-29-26(32)18-31-13-6-3-7-14-33-24-10-4-5-11-25(24)35-27-21(17-31)9-8-12-28-27/h4-5,8-12,19-20H,3,6-7,13-18H2,1-2H3,(H,29,32). The SMILES string of the molecule is CC(C)Cc1nocc1CNC(=O)CN1CCCCCOc2ccccc2Oc2ncccc2C1. The van der Waals surface area contributed by atoms with Gasteiger partial charge in [-0.3, -0.25) is 9.69 Å². The minimum atomic E-state index is -0.0361. The molecule has 1 amide bonds. The Hall–Kier alpha value is -3.39. The minimum Gasteiger partial charge on any atom is -0.490 e. The molecule has 3 heterocycles. The highest BCUT2D eigenvalue weighted by Gasteiger charge is 2.18. The fourth-order valence-electron chi connectivity index (χ4n) is 4.08. The molecule has 2 aromatic heterocycles. The molecule has 3 aromatic rings. The Morgan fingerprint density at radius 2 is 1.97 bits per heavy atom. The predicted octanol–water partition coefficient (Wildman–Crippen LogP) is 4.74. The van der Waals surface area contributed by atoms with Crippen LogP contribution in [0.2, 0.25) is 0 Å². The molecule has 0 saturated heterocycles. The maximum Gasteiger partial charge on any atom is 0.234 e. The van der Waals surface area contributed by atoms with E-state index in [1.54, 1.807) is 12.5 Å². The molecule has 8 nitrogen and oxygen atoms in total. The van der Waals surface area contributed by atoms with Crippen LogP contribution >= 0.6 is 0 Å². The normalized spacial score (nSPS) is 14.9. The van der Waals surface area contributed by atoms with E-state index < -0.39 is 0 Å². The molecule has 0 fully saturated rings. The van der Waals surface area contributed by atoms with E-state index in [4.69, 9.17) is 14.0 Å². The van der Waals surface area contributed by atoms with E-state index in [0.717, 1.165) is 49.0 Å². The first kappa shape index (κ1) is 24.7. The highest BCUT2D eigenvalue weighted by Crippen LogP contribution is 2.32. The number of nitrogens with zero attached hydrogens (tertiary/aromatic N) is 3. The first-order valence-corrected chi connectivity index (χ1v) is 12.3. The molecule has 0 saturated carbocycles. The van der Waals surface area contributed by atoms with Crippen LogP contribution in [0, 0.1) is 5.92 Å². The number of benzene rings is 1. The first-order valence-electron chi connectivity index (χ1n) is 12.3. The summed E-state index contributed by atoms with van der Waals surface area (Å²) >= 11 is 0. The lowest BCUT2D eigenvalue weighted by Gasteiger charge is -2.22. The van der Waals surface area contributed by atoms with Crippen LogP contribution in [0.1, 0.15) is 49.9 Å². The third-order valence-corrected chi connectivity index (χ3v) is 5.85. The summed E-state index contributed by atoms with van der Waals surface area (Å²) in [6, 6.07) is 11.5. The van der Waals surface area contributed by atoms with Gasteiger partial charge in [0.2, 0.25) is 11.8 Å². The van der Waals surface area contributed by atoms with E-state index in [-0.39, 0.29) is 12.5 Å². The zero-order valence-electron chi connectivity index (χ0n) is 20.5. The largest absolute Gasteiger partial charge is 0.490 e. The molecule has 4 rings (SSSR count). The molecule has 1 N–H and O–H groups in total. The number of nitrogens with one attached hydrogen (secondary N) is 1. The van der Waals surface area contributed by atoms with Gasteiger partial charge < -0.3 is 19.3 Å². The van der Waals surface area contributed by atoms with Crippen LogP contribution in [-0.2, 0) is 24.3 Å². The molecule has 0 atom stereocenters. The van der Waals surface area contributed by atoms with Crippen LogP contribution in [0.5, 0.6) is 17.4 Å². The maximum absolute atomic E-state index is 12.9. The predicted molar refractivity (Wildman–Crippen MR) is 132 cm³/mol. The zero-order chi connectivity index (χ0) is 24.5. The van der Waals surface area contributed by atoms with Crippen LogP contribution in [0.15, 0.2) is 53.4 Å². The lowest BCUT2D eigenvalue weighted by atomic mass is 10.1. The average Bonchev–Trinajstić information content (AvgIpc) is 3.28. The molecule has 0 aliphatic carbocycles. The number of carbonyl (C=O) groups excluding carboxylic acids is 1. The van der Waals surface area contributed by atoms with Crippen LogP contribution in [-0.4, -0.2) is 40.6 Å². The lowest BCUT2D eigenvalue weighted by Crippen LogP contribution is -2.37. The Morgan fingerprint density at radius 3 is 2.83 bits per heavy atom. The highest BCUT2D eigenvalue weighted by molar-refractivity contribution is 5.78. The van der Waals surface area contributed by atoms with E-state index >= 15 is 0 Å². The van der Waals surface area contributed by atoms with E-state index in [9.17, 15) is 4.79 Å². The summed E-state index contributed by atoms with van der Waals surface area (Å²) in [4.78, 5) is 19.5. The minimum absolute atomic E-state index is 0.0361. The third kappa shape index (κ3) is 7.29. The van der Waals surface area contributed by atoms with E-state index in [2.05, 4.69) is 34.2 Å². The molecule has 0 spiro atoms. The molecule has 0 radical (unpaired) electrons. The monoisotopic (exact) mass is 478 g/mol. The van der Waals surface area contributed by atoms with Crippen molar-refractivity contribution >= 4 is 5.91 Å². The molecule has 186 valence electrons. The summed E-state index contributed by atoms with van der Waals surface area (Å²) in [7, 11) is 0. The number of amides is 1. The average molecular weight is 479 g/mol. The summed E-state index contributed by atoms with van der Waals surface area (Å²) in [5.41, 5.74) is 2.76. The molecular weight excluding hydrogens is 444 g/mol. The van der Waals surface area contributed by atoms with Gasteiger partial charge in [0, 0.05) is 30.4 Å². The number of carbonyl (C=O) groups is 1. The third-order valence-electron chi connectivity index (χ3n) is 5.85. The molecule has 1 aromatic carbocycles. The van der Waals surface area contributed by atoms with Gasteiger partial charge >= 0.3 is 0 Å². The van der Waals surface area contributed by atoms with Crippen LogP contribution in [0.4, 0.5) is 0 Å². The fourth-order valence-corrected chi connectivity index (χ4v) is 4.08. The number of rotatable bonds is 6. The van der Waals surface area contributed by atoms with E-state index in [1.165, 1.54) is 0 Å². The van der Waals surface area contributed by atoms with E-state index in [0.29, 0.717) is 43.0 Å². The molecule has 0 unspecified atom stereocenters. The van der Waals surface area contributed by atoms with Gasteiger partial charge in [-0.2, -0.15) is 0 Å². The number of aromatic nitrogens is 2. The van der Waals surface area contributed by atoms with Crippen LogP contribution in [0.3, 0.4) is 0 Å². The highest BCUT2D eigenvalue weighted by atomic mass is 16.5. The second-order valence-corrected chi connectivity index (χ2v) is 9.30. The number of pyridine rings is 1. The molecule has 8 heteroatoms. The Balaban J connectivity index is 1.44. The number of hydrogen-bond donors (Lipinski definition) is 1. The Morgan fingerprint density at radius 1 is 1.11 bits per heavy atom. The van der Waals surface area contributed by atoms with Crippen molar-refractivity contribution in [1.82, 2.24) is 20.4 Å². The summed E-state index contributed by atoms with van der Waals surface area (Å²) < 4.78 is 17.3. The van der Waals surface area contributed by atoms with Gasteiger partial charge in [-0.1, -0.05) is 37.2 Å². The number of para-hydroxylation sites is 2. The molecule has 0 bridgehead atoms. The smallest absolute Gasteiger partial charge is 0.234 e. The van der Waals surface area contributed by atoms with Crippen molar-refractivity contribution in [3.8, 4) is 17.4 Å². The Bertz CT molecular complexity index is 1100. The van der Waals surface area contributed by atoms with Crippen molar-refractivity contribution in [1.29, 1.82) is 0 Å². The Kier molecular flexibility index (Phi) is 8.73. The summed E-state index contributed by atoms with van der Waals surface area (Å²) in [6.45, 7) is 6.94. The first-order chi connectivity index (χ1) is 17.1.